The third kappa shape index (κ3) is 4.92. The van der Waals surface area contributed by atoms with E-state index < -0.39 is 0 Å². The van der Waals surface area contributed by atoms with Gasteiger partial charge < -0.3 is 10.1 Å². The van der Waals surface area contributed by atoms with Gasteiger partial charge in [0.1, 0.15) is 10.1 Å². The van der Waals surface area contributed by atoms with Gasteiger partial charge in [0.25, 0.3) is 5.91 Å². The number of halogens is 1. The fourth-order valence-corrected chi connectivity index (χ4v) is 4.02. The van der Waals surface area contributed by atoms with Crippen molar-refractivity contribution in [2.24, 2.45) is 0 Å². The summed E-state index contributed by atoms with van der Waals surface area (Å²) in [5, 5.41) is 3.37. The van der Waals surface area contributed by atoms with Crippen LogP contribution in [0.4, 0.5) is 5.69 Å². The minimum absolute atomic E-state index is 0.136. The van der Waals surface area contributed by atoms with Crippen LogP contribution in [-0.2, 0) is 9.59 Å². The van der Waals surface area contributed by atoms with Crippen molar-refractivity contribution < 1.29 is 14.3 Å². The van der Waals surface area contributed by atoms with E-state index in [0.717, 1.165) is 5.56 Å². The van der Waals surface area contributed by atoms with Crippen molar-refractivity contribution >= 4 is 63.5 Å². The van der Waals surface area contributed by atoms with Crippen LogP contribution >= 0.6 is 35.6 Å². The van der Waals surface area contributed by atoms with Gasteiger partial charge in [-0.05, 0) is 36.4 Å². The molecule has 28 heavy (non-hydrogen) atoms. The maximum atomic E-state index is 12.7. The van der Waals surface area contributed by atoms with Gasteiger partial charge in [0.2, 0.25) is 5.91 Å². The topological polar surface area (TPSA) is 58.6 Å². The SMILES string of the molecule is COc1ccccc1/C=C1\SC(=S)N(CCC(=O)Nc2ccc(Cl)cc2)C1=O. The van der Waals surface area contributed by atoms with Crippen molar-refractivity contribution in [3.63, 3.8) is 0 Å². The van der Waals surface area contributed by atoms with Gasteiger partial charge in [-0.3, -0.25) is 14.5 Å². The quantitative estimate of drug-likeness (QED) is 0.535. The van der Waals surface area contributed by atoms with Crippen LogP contribution in [0.1, 0.15) is 12.0 Å². The Bertz CT molecular complexity index is 945. The normalized spacial score (nSPS) is 15.2. The molecule has 2 aromatic carbocycles. The van der Waals surface area contributed by atoms with Crippen LogP contribution in [0.3, 0.4) is 0 Å². The number of carbonyl (C=O) groups is 2. The van der Waals surface area contributed by atoms with Crippen LogP contribution in [0, 0.1) is 0 Å². The number of amides is 2. The highest BCUT2D eigenvalue weighted by Crippen LogP contribution is 2.34. The van der Waals surface area contributed by atoms with Crippen molar-refractivity contribution in [3.8, 4) is 5.75 Å². The van der Waals surface area contributed by atoms with E-state index in [1.165, 1.54) is 16.7 Å². The first-order valence-electron chi connectivity index (χ1n) is 8.42. The molecule has 1 saturated heterocycles. The molecule has 1 N–H and O–H groups in total. The van der Waals surface area contributed by atoms with Crippen molar-refractivity contribution in [3.05, 3.63) is 64.0 Å². The third-order valence-electron chi connectivity index (χ3n) is 3.99. The van der Waals surface area contributed by atoms with Crippen LogP contribution < -0.4 is 10.1 Å². The summed E-state index contributed by atoms with van der Waals surface area (Å²) in [7, 11) is 1.58. The number of thiocarbonyl (C=S) groups is 1. The standard InChI is InChI=1S/C20H17ClN2O3S2/c1-26-16-5-3-2-4-13(16)12-17-19(25)23(20(27)28-17)11-10-18(24)22-15-8-6-14(21)7-9-15/h2-9,12H,10-11H2,1H3,(H,22,24)/b17-12-. The molecule has 0 atom stereocenters. The molecule has 0 radical (unpaired) electrons. The molecule has 0 aromatic heterocycles. The second-order valence-corrected chi connectivity index (χ2v) is 7.99. The molecule has 0 bridgehead atoms. The molecule has 1 aliphatic rings. The molecule has 144 valence electrons. The fourth-order valence-electron chi connectivity index (χ4n) is 2.59. The zero-order valence-corrected chi connectivity index (χ0v) is 17.4. The van der Waals surface area contributed by atoms with Crippen molar-refractivity contribution in [2.45, 2.75) is 6.42 Å². The Hall–Kier alpha value is -2.35. The summed E-state index contributed by atoms with van der Waals surface area (Å²) in [6.45, 7) is 0.216. The van der Waals surface area contributed by atoms with Gasteiger partial charge in [-0.1, -0.05) is 53.8 Å². The van der Waals surface area contributed by atoms with Gasteiger partial charge in [0, 0.05) is 29.2 Å². The number of ether oxygens (including phenoxy) is 1. The Morgan fingerprint density at radius 2 is 1.96 bits per heavy atom. The first kappa shape index (κ1) is 20.4. The molecule has 2 amide bonds. The van der Waals surface area contributed by atoms with E-state index >= 15 is 0 Å². The molecule has 0 aliphatic carbocycles. The van der Waals surface area contributed by atoms with E-state index in [9.17, 15) is 9.59 Å². The van der Waals surface area contributed by atoms with E-state index in [1.807, 2.05) is 24.3 Å². The van der Waals surface area contributed by atoms with Crippen molar-refractivity contribution in [1.82, 2.24) is 4.90 Å². The van der Waals surface area contributed by atoms with Crippen LogP contribution in [0.5, 0.6) is 5.75 Å². The average Bonchev–Trinajstić information content (AvgIpc) is 2.95. The van der Waals surface area contributed by atoms with E-state index in [1.54, 1.807) is 37.5 Å². The summed E-state index contributed by atoms with van der Waals surface area (Å²) >= 11 is 12.4. The van der Waals surface area contributed by atoms with Gasteiger partial charge in [-0.15, -0.1) is 0 Å². The Labute approximate surface area is 177 Å². The monoisotopic (exact) mass is 432 g/mol. The molecule has 3 rings (SSSR count). The van der Waals surface area contributed by atoms with Crippen LogP contribution in [0.2, 0.25) is 5.02 Å². The molecule has 8 heteroatoms. The highest BCUT2D eigenvalue weighted by molar-refractivity contribution is 8.26. The third-order valence-corrected chi connectivity index (χ3v) is 5.62. The summed E-state index contributed by atoms with van der Waals surface area (Å²) in [4.78, 5) is 26.8. The largest absolute Gasteiger partial charge is 0.496 e. The first-order chi connectivity index (χ1) is 13.5. The van der Waals surface area contributed by atoms with E-state index in [2.05, 4.69) is 5.32 Å². The summed E-state index contributed by atoms with van der Waals surface area (Å²) in [6, 6.07) is 14.3. The number of nitrogens with zero attached hydrogens (tertiary/aromatic N) is 1. The second kappa shape index (κ2) is 9.23. The number of methoxy groups -OCH3 is 1. The van der Waals surface area contributed by atoms with Crippen molar-refractivity contribution in [2.75, 3.05) is 19.0 Å². The zero-order chi connectivity index (χ0) is 20.1. The Kier molecular flexibility index (Phi) is 6.72. The second-order valence-electron chi connectivity index (χ2n) is 5.88. The fraction of sp³-hybridized carbons (Fsp3) is 0.150. The molecule has 0 saturated carbocycles. The lowest BCUT2D eigenvalue weighted by molar-refractivity contribution is -0.122. The molecular formula is C20H17ClN2O3S2. The number of rotatable bonds is 6. The first-order valence-corrected chi connectivity index (χ1v) is 10.0. The minimum atomic E-state index is -0.208. The van der Waals surface area contributed by atoms with Crippen LogP contribution in [0.25, 0.3) is 6.08 Å². The maximum Gasteiger partial charge on any atom is 0.266 e. The summed E-state index contributed by atoms with van der Waals surface area (Å²) in [5.74, 6) is 0.264. The van der Waals surface area contributed by atoms with Crippen LogP contribution in [0.15, 0.2) is 53.4 Å². The Balaban J connectivity index is 1.63. The molecule has 5 nitrogen and oxygen atoms in total. The van der Waals surface area contributed by atoms with Crippen LogP contribution in [-0.4, -0.2) is 34.7 Å². The predicted octanol–water partition coefficient (Wildman–Crippen LogP) is 4.58. The molecule has 1 heterocycles. The highest BCUT2D eigenvalue weighted by atomic mass is 35.5. The molecule has 0 unspecified atom stereocenters. The number of hydrogen-bond donors (Lipinski definition) is 1. The summed E-state index contributed by atoms with van der Waals surface area (Å²) in [5.41, 5.74) is 1.45. The minimum Gasteiger partial charge on any atom is -0.496 e. The number of anilines is 1. The smallest absolute Gasteiger partial charge is 0.266 e. The van der Waals surface area contributed by atoms with E-state index in [0.29, 0.717) is 25.7 Å². The molecule has 1 aliphatic heterocycles. The van der Waals surface area contributed by atoms with Gasteiger partial charge in [-0.25, -0.2) is 0 Å². The van der Waals surface area contributed by atoms with Gasteiger partial charge in [0.05, 0.1) is 12.0 Å². The van der Waals surface area contributed by atoms with E-state index in [-0.39, 0.29) is 24.8 Å². The lowest BCUT2D eigenvalue weighted by atomic mass is 10.2. The number of para-hydroxylation sites is 1. The highest BCUT2D eigenvalue weighted by Gasteiger charge is 2.32. The summed E-state index contributed by atoms with van der Waals surface area (Å²) in [6.07, 6.45) is 1.89. The van der Waals surface area contributed by atoms with Gasteiger partial charge >= 0.3 is 0 Å². The molecule has 1 fully saturated rings. The predicted molar refractivity (Wildman–Crippen MR) is 118 cm³/mol. The number of carbonyl (C=O) groups excluding carboxylic acids is 2. The number of benzene rings is 2. The summed E-state index contributed by atoms with van der Waals surface area (Å²) < 4.78 is 5.75. The Morgan fingerprint density at radius 3 is 2.68 bits per heavy atom. The number of thioether (sulfide) groups is 1. The van der Waals surface area contributed by atoms with E-state index in [4.69, 9.17) is 28.6 Å². The molecule has 2 aromatic rings. The maximum absolute atomic E-state index is 12.7. The van der Waals surface area contributed by atoms with Crippen molar-refractivity contribution in [1.29, 1.82) is 0 Å². The lowest BCUT2D eigenvalue weighted by Crippen LogP contribution is -2.31. The Morgan fingerprint density at radius 1 is 1.25 bits per heavy atom. The average molecular weight is 433 g/mol. The molecule has 0 spiro atoms. The van der Waals surface area contributed by atoms with Gasteiger partial charge in [0.15, 0.2) is 0 Å². The lowest BCUT2D eigenvalue weighted by Gasteiger charge is -2.14. The number of hydrogen-bond acceptors (Lipinski definition) is 5. The number of nitrogens with one attached hydrogen (secondary N) is 1. The van der Waals surface area contributed by atoms with Gasteiger partial charge in [-0.2, -0.15) is 0 Å². The zero-order valence-electron chi connectivity index (χ0n) is 15.0. The molecular weight excluding hydrogens is 416 g/mol.